The second-order valence-corrected chi connectivity index (χ2v) is 17.0. The summed E-state index contributed by atoms with van der Waals surface area (Å²) in [6, 6.07) is 29.4. The van der Waals surface area contributed by atoms with Crippen molar-refractivity contribution in [1.82, 2.24) is 0 Å². The average Bonchev–Trinajstić information content (AvgIpc) is 3.35. The van der Waals surface area contributed by atoms with E-state index < -0.39 is 121 Å². The standard InChI is InChI=1S/C52H54F3NO16/c1-7-38(64-31(3)57)42(66-33(5)59)41-30(2)39(65-32(4)58)28-51(6,71-41)72-44-43(68-47(61)35-22-14-9-15-23-35)40(29-63-46(60)34-20-12-8-13-21-34)67-49(45(44)69-48(62)36-24-16-10-17-25-36)70-50(52(53,54)55)56-37-26-18-11-19-27-37/h8-27,30,38-45,49H,7,28-29H2,1-6H3/t30-,38-,39?,40?,41-,42-,43+,44+,45?,49?,51?/m1/s1. The molecular weight excluding hydrogens is 952 g/mol. The molecule has 0 aliphatic carbocycles. The van der Waals surface area contributed by atoms with E-state index in [9.17, 15) is 28.8 Å². The minimum Gasteiger partial charge on any atom is -0.462 e. The van der Waals surface area contributed by atoms with Gasteiger partial charge in [-0.15, -0.1) is 0 Å². The minimum atomic E-state index is -5.34. The fourth-order valence-electron chi connectivity index (χ4n) is 8.18. The predicted molar refractivity (Wildman–Crippen MR) is 246 cm³/mol. The topological polar surface area (TPSA) is 207 Å². The van der Waals surface area contributed by atoms with Crippen molar-refractivity contribution in [1.29, 1.82) is 0 Å². The van der Waals surface area contributed by atoms with Gasteiger partial charge in [-0.1, -0.05) is 86.6 Å². The van der Waals surface area contributed by atoms with Gasteiger partial charge in [0.25, 0.3) is 5.90 Å². The lowest BCUT2D eigenvalue weighted by atomic mass is 9.84. The lowest BCUT2D eigenvalue weighted by Gasteiger charge is -2.51. The number of para-hydroxylation sites is 1. The SMILES string of the molecule is CC[C@@H](OC(C)=O)[C@@H](OC(C)=O)[C@@H]1OC(C)(O[C@@H]2C(OC(=O)c3ccccc3)C(OC(=Nc3ccccc3)C(F)(F)F)OC(COC(=O)c3ccccc3)[C@@H]2OC(=O)c2ccccc2)CC(OC(C)=O)[C@H]1C. The molecule has 0 bridgehead atoms. The van der Waals surface area contributed by atoms with Gasteiger partial charge in [-0.25, -0.2) is 19.4 Å². The van der Waals surface area contributed by atoms with E-state index in [0.29, 0.717) is 0 Å². The van der Waals surface area contributed by atoms with Crippen LogP contribution in [0.15, 0.2) is 126 Å². The van der Waals surface area contributed by atoms with Crippen LogP contribution in [-0.4, -0.2) is 115 Å². The first-order valence-electron chi connectivity index (χ1n) is 22.9. The van der Waals surface area contributed by atoms with Crippen LogP contribution in [0.25, 0.3) is 0 Å². The summed E-state index contributed by atoms with van der Waals surface area (Å²) in [4.78, 5) is 83.5. The van der Waals surface area contributed by atoms with Crippen molar-refractivity contribution in [2.45, 2.75) is 121 Å². The molecule has 2 saturated heterocycles. The van der Waals surface area contributed by atoms with Gasteiger partial charge in [-0.2, -0.15) is 13.2 Å². The number of nitrogens with zero attached hydrogens (tertiary/aromatic N) is 1. The van der Waals surface area contributed by atoms with Gasteiger partial charge in [0.05, 0.1) is 22.4 Å². The zero-order chi connectivity index (χ0) is 52.2. The molecule has 20 heteroatoms. The largest absolute Gasteiger partial charge is 0.468 e. The maximum atomic E-state index is 15.2. The van der Waals surface area contributed by atoms with Crippen molar-refractivity contribution in [2.75, 3.05) is 6.61 Å². The van der Waals surface area contributed by atoms with Crippen molar-refractivity contribution < 1.29 is 89.3 Å². The number of carbonyl (C=O) groups excluding carboxylic acids is 6. The molecule has 4 aromatic carbocycles. The fourth-order valence-corrected chi connectivity index (χ4v) is 8.18. The molecule has 4 aromatic rings. The Morgan fingerprint density at radius 3 is 1.65 bits per heavy atom. The second-order valence-electron chi connectivity index (χ2n) is 17.0. The first-order valence-corrected chi connectivity index (χ1v) is 22.9. The summed E-state index contributed by atoms with van der Waals surface area (Å²) < 4.78 is 106. The third-order valence-electron chi connectivity index (χ3n) is 11.4. The Morgan fingerprint density at radius 2 is 1.17 bits per heavy atom. The average molecular weight is 1010 g/mol. The normalized spacial score (nSPS) is 25.1. The van der Waals surface area contributed by atoms with E-state index in [1.807, 2.05) is 0 Å². The monoisotopic (exact) mass is 1010 g/mol. The molecule has 11 atom stereocenters. The second kappa shape index (κ2) is 24.3. The lowest BCUT2D eigenvalue weighted by molar-refractivity contribution is -0.371. The van der Waals surface area contributed by atoms with Gasteiger partial charge in [0.2, 0.25) is 6.29 Å². The first kappa shape index (κ1) is 54.2. The number of benzene rings is 4. The molecule has 0 N–H and O–H groups in total. The number of rotatable bonds is 17. The fraction of sp³-hybridized carbons (Fsp3) is 0.404. The van der Waals surface area contributed by atoms with E-state index in [4.69, 9.17) is 47.4 Å². The van der Waals surface area contributed by atoms with Crippen molar-refractivity contribution in [3.63, 3.8) is 0 Å². The Balaban J connectivity index is 1.56. The maximum absolute atomic E-state index is 15.2. The van der Waals surface area contributed by atoms with Gasteiger partial charge in [0.15, 0.2) is 24.1 Å². The molecule has 0 aromatic heterocycles. The van der Waals surface area contributed by atoms with E-state index in [2.05, 4.69) is 4.99 Å². The number of carbonyl (C=O) groups is 6. The highest BCUT2D eigenvalue weighted by molar-refractivity contribution is 5.91. The highest BCUT2D eigenvalue weighted by Crippen LogP contribution is 2.43. The summed E-state index contributed by atoms with van der Waals surface area (Å²) in [5.41, 5.74) is -0.247. The summed E-state index contributed by atoms with van der Waals surface area (Å²) in [6.45, 7) is 7.16. The van der Waals surface area contributed by atoms with Crippen molar-refractivity contribution >= 4 is 47.4 Å². The Kier molecular flexibility index (Phi) is 18.3. The molecule has 0 amide bonds. The van der Waals surface area contributed by atoms with Gasteiger partial charge in [0, 0.05) is 33.1 Å². The van der Waals surface area contributed by atoms with Gasteiger partial charge >= 0.3 is 42.0 Å². The van der Waals surface area contributed by atoms with E-state index >= 15 is 13.2 Å². The smallest absolute Gasteiger partial charge is 0.462 e. The zero-order valence-electron chi connectivity index (χ0n) is 40.1. The summed E-state index contributed by atoms with van der Waals surface area (Å²) in [5.74, 6) is -10.3. The van der Waals surface area contributed by atoms with E-state index in [0.717, 1.165) is 20.8 Å². The van der Waals surface area contributed by atoms with Gasteiger partial charge < -0.3 is 47.4 Å². The van der Waals surface area contributed by atoms with Crippen LogP contribution in [0.2, 0.25) is 0 Å². The molecule has 2 aliphatic rings. The molecular formula is C52H54F3NO16. The van der Waals surface area contributed by atoms with Crippen LogP contribution in [0, 0.1) is 5.92 Å². The van der Waals surface area contributed by atoms with Gasteiger partial charge in [0.1, 0.15) is 37.1 Å². The predicted octanol–water partition coefficient (Wildman–Crippen LogP) is 8.06. The van der Waals surface area contributed by atoms with Crippen LogP contribution in [0.1, 0.15) is 85.5 Å². The summed E-state index contributed by atoms with van der Waals surface area (Å²) in [5, 5.41) is 0. The van der Waals surface area contributed by atoms with Crippen LogP contribution in [-0.2, 0) is 61.8 Å². The van der Waals surface area contributed by atoms with Gasteiger partial charge in [-0.05, 0) is 61.9 Å². The third kappa shape index (κ3) is 14.5. The minimum absolute atomic E-state index is 0.0222. The summed E-state index contributed by atoms with van der Waals surface area (Å²) in [6.07, 6.45) is -20.9. The molecule has 0 saturated carbocycles. The number of alkyl halides is 3. The van der Waals surface area contributed by atoms with E-state index in [1.54, 1.807) is 50.2 Å². The molecule has 2 aliphatic heterocycles. The number of ether oxygens (including phenoxy) is 10. The van der Waals surface area contributed by atoms with Crippen LogP contribution >= 0.6 is 0 Å². The van der Waals surface area contributed by atoms with Crippen LogP contribution in [0.3, 0.4) is 0 Å². The molecule has 5 unspecified atom stereocenters. The quantitative estimate of drug-likeness (QED) is 0.0424. The third-order valence-corrected chi connectivity index (χ3v) is 11.4. The number of aliphatic imine (C=N–C) groups is 1. The van der Waals surface area contributed by atoms with E-state index in [-0.39, 0.29) is 35.2 Å². The van der Waals surface area contributed by atoms with Crippen molar-refractivity contribution in [3.8, 4) is 0 Å². The van der Waals surface area contributed by atoms with E-state index in [1.165, 1.54) is 91.9 Å². The van der Waals surface area contributed by atoms with Crippen molar-refractivity contribution in [3.05, 3.63) is 138 Å². The Hall–Kier alpha value is -7.16. The molecule has 2 heterocycles. The van der Waals surface area contributed by atoms with Crippen LogP contribution in [0.4, 0.5) is 18.9 Å². The molecule has 0 spiro atoms. The van der Waals surface area contributed by atoms with Crippen LogP contribution in [0.5, 0.6) is 0 Å². The highest BCUT2D eigenvalue weighted by Gasteiger charge is 2.59. The summed E-state index contributed by atoms with van der Waals surface area (Å²) >= 11 is 0. The Morgan fingerprint density at radius 1 is 0.667 bits per heavy atom. The van der Waals surface area contributed by atoms with Crippen molar-refractivity contribution in [2.24, 2.45) is 10.9 Å². The molecule has 17 nitrogen and oxygen atoms in total. The number of esters is 6. The summed E-state index contributed by atoms with van der Waals surface area (Å²) in [7, 11) is 0. The lowest BCUT2D eigenvalue weighted by Crippen LogP contribution is -2.66. The number of hydrogen-bond donors (Lipinski definition) is 0. The molecule has 6 rings (SSSR count). The number of hydrogen-bond acceptors (Lipinski definition) is 17. The highest BCUT2D eigenvalue weighted by atomic mass is 19.4. The first-order chi connectivity index (χ1) is 34.2. The molecule has 72 heavy (non-hydrogen) atoms. The Labute approximate surface area is 412 Å². The Bertz CT molecular complexity index is 2520. The van der Waals surface area contributed by atoms with Crippen LogP contribution < -0.4 is 0 Å². The van der Waals surface area contributed by atoms with Gasteiger partial charge in [-0.3, -0.25) is 14.4 Å². The molecule has 0 radical (unpaired) electrons. The molecule has 384 valence electrons. The zero-order valence-corrected chi connectivity index (χ0v) is 40.1. The number of halogens is 3. The maximum Gasteiger partial charge on any atom is 0.468 e. The molecule has 2 fully saturated rings.